The van der Waals surface area contributed by atoms with Gasteiger partial charge in [0.05, 0.1) is 12.2 Å². The van der Waals surface area contributed by atoms with E-state index in [0.717, 1.165) is 18.2 Å². The summed E-state index contributed by atoms with van der Waals surface area (Å²) in [4.78, 5) is 12.3. The average molecular weight is 612 g/mol. The van der Waals surface area contributed by atoms with E-state index in [1.807, 2.05) is 0 Å². The molecule has 12 heteroatoms. The Bertz CT molecular complexity index is 1010. The molecule has 4 rings (SSSR count). The van der Waals surface area contributed by atoms with Gasteiger partial charge in [-0.05, 0) is 13.1 Å². The Morgan fingerprint density at radius 1 is 1.03 bits per heavy atom. The van der Waals surface area contributed by atoms with Crippen LogP contribution in [0, 0.1) is 30.7 Å². The van der Waals surface area contributed by atoms with Crippen molar-refractivity contribution in [3.05, 3.63) is 79.0 Å². The summed E-state index contributed by atoms with van der Waals surface area (Å²) in [7, 11) is 1.77. The van der Waals surface area contributed by atoms with Gasteiger partial charge in [0.2, 0.25) is 0 Å². The molecule has 0 N–H and O–H groups in total. The van der Waals surface area contributed by atoms with Gasteiger partial charge in [0.15, 0.2) is 0 Å². The molecule has 0 aliphatic carbocycles. The van der Waals surface area contributed by atoms with Gasteiger partial charge in [0.1, 0.15) is 11.9 Å². The van der Waals surface area contributed by atoms with Crippen molar-refractivity contribution in [1.82, 2.24) is 19.9 Å². The SMILES string of the molecule is CN1C=NN(c2[c-]cc(C(F)(F)F)cc2)[CH-]1.Fc1c[c-]c(-c2ncccn2)c(F)n1.[Ir+3]. The molecule has 0 unspecified atom stereocenters. The molecule has 1 aliphatic heterocycles. The number of alkyl halides is 3. The van der Waals surface area contributed by atoms with Crippen LogP contribution in [0.3, 0.4) is 0 Å². The molecule has 0 amide bonds. The number of hydrogen-bond acceptors (Lipinski definition) is 6. The van der Waals surface area contributed by atoms with Gasteiger partial charge in [-0.2, -0.15) is 36.5 Å². The largest absolute Gasteiger partial charge is 3.00 e. The first-order valence-corrected chi connectivity index (χ1v) is 8.24. The van der Waals surface area contributed by atoms with Crippen molar-refractivity contribution in [2.75, 3.05) is 12.1 Å². The van der Waals surface area contributed by atoms with Crippen molar-refractivity contribution in [3.8, 4) is 11.4 Å². The summed E-state index contributed by atoms with van der Waals surface area (Å²) in [5.74, 6) is -1.74. The van der Waals surface area contributed by atoms with Crippen LogP contribution in [0.15, 0.2) is 47.8 Å². The van der Waals surface area contributed by atoms with Crippen LogP contribution >= 0.6 is 0 Å². The summed E-state index contributed by atoms with van der Waals surface area (Å²) >= 11 is 0. The van der Waals surface area contributed by atoms with E-state index in [-0.39, 0.29) is 31.5 Å². The van der Waals surface area contributed by atoms with Gasteiger partial charge in [-0.25, -0.2) is 8.78 Å². The van der Waals surface area contributed by atoms with E-state index in [1.54, 1.807) is 31.0 Å². The second kappa shape index (κ2) is 10.4. The summed E-state index contributed by atoms with van der Waals surface area (Å²) in [5, 5.41) is 5.39. The van der Waals surface area contributed by atoms with Gasteiger partial charge in [0, 0.05) is 12.4 Å². The molecule has 0 fully saturated rings. The summed E-state index contributed by atoms with van der Waals surface area (Å²) in [6.07, 6.45) is 0.132. The van der Waals surface area contributed by atoms with Crippen LogP contribution < -0.4 is 5.01 Å². The van der Waals surface area contributed by atoms with Crippen molar-refractivity contribution < 1.29 is 42.1 Å². The third kappa shape index (κ3) is 6.50. The van der Waals surface area contributed by atoms with Gasteiger partial charge in [-0.1, -0.05) is 22.9 Å². The number of benzene rings is 1. The maximum Gasteiger partial charge on any atom is 3.00 e. The quantitative estimate of drug-likeness (QED) is 0.250. The Morgan fingerprint density at radius 3 is 2.26 bits per heavy atom. The maximum absolute atomic E-state index is 13.1. The minimum absolute atomic E-state index is 0. The number of anilines is 1. The van der Waals surface area contributed by atoms with E-state index in [2.05, 4.69) is 32.2 Å². The van der Waals surface area contributed by atoms with Crippen LogP contribution in [0.1, 0.15) is 5.56 Å². The number of nitrogens with zero attached hydrogens (tertiary/aromatic N) is 6. The number of hydrazone groups is 1. The van der Waals surface area contributed by atoms with Crippen molar-refractivity contribution in [2.24, 2.45) is 5.10 Å². The van der Waals surface area contributed by atoms with Gasteiger partial charge < -0.3 is 9.91 Å². The van der Waals surface area contributed by atoms with Crippen LogP contribution in [0.5, 0.6) is 0 Å². The fraction of sp³-hybridized carbons (Fsp3) is 0.105. The van der Waals surface area contributed by atoms with E-state index < -0.39 is 23.6 Å². The molecule has 0 atom stereocenters. The molecular weight excluding hydrogens is 599 g/mol. The van der Waals surface area contributed by atoms with Crippen LogP contribution in [0.25, 0.3) is 11.4 Å². The van der Waals surface area contributed by atoms with E-state index in [1.165, 1.54) is 23.5 Å². The molecule has 0 bridgehead atoms. The van der Waals surface area contributed by atoms with Crippen LogP contribution in [0.4, 0.5) is 27.6 Å². The summed E-state index contributed by atoms with van der Waals surface area (Å²) < 4.78 is 62.4. The van der Waals surface area contributed by atoms with E-state index in [4.69, 9.17) is 0 Å². The Balaban J connectivity index is 0.000000215. The Labute approximate surface area is 187 Å². The van der Waals surface area contributed by atoms with Gasteiger partial charge >= 0.3 is 26.3 Å². The molecule has 0 radical (unpaired) electrons. The monoisotopic (exact) mass is 612 g/mol. The second-order valence-corrected chi connectivity index (χ2v) is 5.78. The second-order valence-electron chi connectivity index (χ2n) is 5.78. The first kappa shape index (κ1) is 24.3. The Morgan fingerprint density at radius 2 is 1.74 bits per heavy atom. The van der Waals surface area contributed by atoms with Crippen molar-refractivity contribution in [3.63, 3.8) is 0 Å². The average Bonchev–Trinajstić information content (AvgIpc) is 3.15. The van der Waals surface area contributed by atoms with Gasteiger partial charge in [-0.15, -0.1) is 18.8 Å². The van der Waals surface area contributed by atoms with Crippen LogP contribution in [-0.4, -0.2) is 33.2 Å². The molecular formula is C19H12F5IrN6. The first-order valence-electron chi connectivity index (χ1n) is 8.24. The third-order valence-corrected chi connectivity index (χ3v) is 3.56. The molecule has 2 aromatic heterocycles. The Kier molecular flexibility index (Phi) is 8.12. The number of aromatic nitrogens is 3. The molecule has 0 saturated carbocycles. The number of pyridine rings is 1. The fourth-order valence-electron chi connectivity index (χ4n) is 2.19. The molecule has 3 aromatic rings. The zero-order valence-corrected chi connectivity index (χ0v) is 18.0. The molecule has 1 aliphatic rings. The zero-order chi connectivity index (χ0) is 21.7. The fourth-order valence-corrected chi connectivity index (χ4v) is 2.19. The number of rotatable bonds is 2. The summed E-state index contributed by atoms with van der Waals surface area (Å²) in [5.41, 5.74) is -0.284. The molecule has 162 valence electrons. The smallest absolute Gasteiger partial charge is 0.493 e. The number of hydrogen-bond donors (Lipinski definition) is 0. The molecule has 1 aromatic carbocycles. The minimum atomic E-state index is -4.33. The first-order chi connectivity index (χ1) is 14.2. The Hall–Kier alpha value is -2.98. The number of halogens is 5. The van der Waals surface area contributed by atoms with Crippen LogP contribution in [-0.2, 0) is 26.3 Å². The molecule has 0 spiro atoms. The topological polar surface area (TPSA) is 57.5 Å². The van der Waals surface area contributed by atoms with E-state index in [9.17, 15) is 22.0 Å². The van der Waals surface area contributed by atoms with Gasteiger partial charge in [-0.3, -0.25) is 15.0 Å². The summed E-state index contributed by atoms with van der Waals surface area (Å²) in [6.45, 7) is 1.64. The minimum Gasteiger partial charge on any atom is -0.493 e. The predicted octanol–water partition coefficient (Wildman–Crippen LogP) is 3.93. The third-order valence-electron chi connectivity index (χ3n) is 3.56. The van der Waals surface area contributed by atoms with Gasteiger partial charge in [0.25, 0.3) is 0 Å². The van der Waals surface area contributed by atoms with E-state index >= 15 is 0 Å². The predicted molar refractivity (Wildman–Crippen MR) is 97.3 cm³/mol. The molecule has 0 saturated heterocycles. The standard InChI is InChI=1S/C10H8F3N3.C9H4F2N3.Ir/c1-15-6-14-16(7-15)9-4-2-8(3-5-9)10(11,12)13;10-7-3-2-6(8(11)14-7)9-12-4-1-5-13-9;/h2-4,6-7H,1H3;1,3-5H;/q-2;-1;+3. The normalized spacial score (nSPS) is 12.8. The zero-order valence-electron chi connectivity index (χ0n) is 15.6. The van der Waals surface area contributed by atoms with Crippen molar-refractivity contribution >= 4 is 12.0 Å². The molecule has 3 heterocycles. The summed E-state index contributed by atoms with van der Waals surface area (Å²) in [6, 6.07) is 10.7. The van der Waals surface area contributed by atoms with Crippen LogP contribution in [0.2, 0.25) is 0 Å². The van der Waals surface area contributed by atoms with Crippen molar-refractivity contribution in [1.29, 1.82) is 0 Å². The molecule has 31 heavy (non-hydrogen) atoms. The molecule has 6 nitrogen and oxygen atoms in total. The van der Waals surface area contributed by atoms with E-state index in [0.29, 0.717) is 5.69 Å². The van der Waals surface area contributed by atoms with Crippen molar-refractivity contribution in [2.45, 2.75) is 6.18 Å². The maximum atomic E-state index is 13.1.